The van der Waals surface area contributed by atoms with E-state index in [0.717, 1.165) is 64.2 Å². The number of amides is 1. The van der Waals surface area contributed by atoms with Crippen molar-refractivity contribution in [3.63, 3.8) is 0 Å². The lowest BCUT2D eigenvalue weighted by molar-refractivity contribution is 0.0355. The lowest BCUT2D eigenvalue weighted by Gasteiger charge is -2.45. The Morgan fingerprint density at radius 1 is 1.09 bits per heavy atom. The van der Waals surface area contributed by atoms with Gasteiger partial charge in [0, 0.05) is 50.6 Å². The third-order valence-electron chi connectivity index (χ3n) is 7.36. The van der Waals surface area contributed by atoms with E-state index in [1.54, 1.807) is 12.3 Å². The minimum absolute atomic E-state index is 0.0295. The van der Waals surface area contributed by atoms with Gasteiger partial charge in [0.25, 0.3) is 5.91 Å². The zero-order valence-electron chi connectivity index (χ0n) is 20.7. The van der Waals surface area contributed by atoms with Crippen LogP contribution in [0.25, 0.3) is 0 Å². The highest BCUT2D eigenvalue weighted by Crippen LogP contribution is 2.39. The molecule has 3 heterocycles. The Morgan fingerprint density at radius 3 is 2.65 bits per heavy atom. The molecule has 0 aliphatic carbocycles. The SMILES string of the molecule is CC(C)CN1CCOc2ccccc2CCCCC2(CCN(C(=O)c3cc[nH]c(=O)c3)CC2)C1. The number of nitrogens with one attached hydrogen (secondary N) is 1. The van der Waals surface area contributed by atoms with E-state index in [2.05, 4.69) is 48.0 Å². The fourth-order valence-electron chi connectivity index (χ4n) is 5.61. The number of para-hydroxylation sites is 1. The molecule has 1 spiro atoms. The molecular weight excluding hydrogens is 426 g/mol. The average Bonchev–Trinajstić information content (AvgIpc) is 2.81. The number of hydrogen-bond donors (Lipinski definition) is 1. The maximum Gasteiger partial charge on any atom is 0.254 e. The van der Waals surface area contributed by atoms with Crippen LogP contribution in [0.1, 0.15) is 61.9 Å². The maximum atomic E-state index is 13.0. The summed E-state index contributed by atoms with van der Waals surface area (Å²) in [5.74, 6) is 1.60. The number of carbonyl (C=O) groups excluding carboxylic acids is 1. The molecule has 0 radical (unpaired) electrons. The van der Waals surface area contributed by atoms with E-state index in [1.165, 1.54) is 24.5 Å². The summed E-state index contributed by atoms with van der Waals surface area (Å²) in [6.07, 6.45) is 8.15. The van der Waals surface area contributed by atoms with Crippen LogP contribution in [0.15, 0.2) is 47.4 Å². The highest BCUT2D eigenvalue weighted by atomic mass is 16.5. The molecule has 2 aliphatic heterocycles. The van der Waals surface area contributed by atoms with E-state index in [-0.39, 0.29) is 16.9 Å². The van der Waals surface area contributed by atoms with Gasteiger partial charge in [-0.1, -0.05) is 38.5 Å². The number of aromatic amines is 1. The Balaban J connectivity index is 1.47. The second kappa shape index (κ2) is 11.2. The largest absolute Gasteiger partial charge is 0.492 e. The molecule has 2 aliphatic rings. The summed E-state index contributed by atoms with van der Waals surface area (Å²) in [5, 5.41) is 0. The number of nitrogens with zero attached hydrogens (tertiary/aromatic N) is 2. The predicted molar refractivity (Wildman–Crippen MR) is 135 cm³/mol. The van der Waals surface area contributed by atoms with Crippen molar-refractivity contribution in [3.8, 4) is 5.75 Å². The van der Waals surface area contributed by atoms with Crippen LogP contribution >= 0.6 is 0 Å². The lowest BCUT2D eigenvalue weighted by Crippen LogP contribution is -2.49. The van der Waals surface area contributed by atoms with Gasteiger partial charge in [0.2, 0.25) is 5.56 Å². The maximum absolute atomic E-state index is 13.0. The minimum atomic E-state index is -0.230. The number of hydrogen-bond acceptors (Lipinski definition) is 4. The van der Waals surface area contributed by atoms with Crippen molar-refractivity contribution < 1.29 is 9.53 Å². The highest BCUT2D eigenvalue weighted by molar-refractivity contribution is 5.94. The highest BCUT2D eigenvalue weighted by Gasteiger charge is 2.37. The first-order valence-electron chi connectivity index (χ1n) is 12.9. The van der Waals surface area contributed by atoms with Crippen molar-refractivity contribution >= 4 is 5.91 Å². The molecule has 0 bridgehead atoms. The second-order valence-electron chi connectivity index (χ2n) is 10.5. The molecule has 1 aromatic heterocycles. The normalized spacial score (nSPS) is 19.7. The Morgan fingerprint density at radius 2 is 1.88 bits per heavy atom. The van der Waals surface area contributed by atoms with Gasteiger partial charge in [-0.05, 0) is 61.1 Å². The van der Waals surface area contributed by atoms with Gasteiger partial charge >= 0.3 is 0 Å². The van der Waals surface area contributed by atoms with Gasteiger partial charge in [0.05, 0.1) is 0 Å². The quantitative estimate of drug-likeness (QED) is 0.732. The number of aryl methyl sites for hydroxylation is 1. The topological polar surface area (TPSA) is 65.6 Å². The van der Waals surface area contributed by atoms with Gasteiger partial charge in [-0.15, -0.1) is 0 Å². The summed E-state index contributed by atoms with van der Waals surface area (Å²) in [4.78, 5) is 31.8. The van der Waals surface area contributed by atoms with Gasteiger partial charge in [0.15, 0.2) is 0 Å². The first kappa shape index (κ1) is 24.5. The monoisotopic (exact) mass is 465 g/mol. The Hall–Kier alpha value is -2.60. The number of H-pyrrole nitrogens is 1. The van der Waals surface area contributed by atoms with E-state index in [4.69, 9.17) is 4.74 Å². The summed E-state index contributed by atoms with van der Waals surface area (Å²) in [6.45, 7) is 9.80. The van der Waals surface area contributed by atoms with Gasteiger partial charge in [0.1, 0.15) is 12.4 Å². The molecule has 34 heavy (non-hydrogen) atoms. The van der Waals surface area contributed by atoms with Crippen molar-refractivity contribution in [2.24, 2.45) is 11.3 Å². The summed E-state index contributed by atoms with van der Waals surface area (Å²) in [7, 11) is 0. The van der Waals surface area contributed by atoms with Crippen molar-refractivity contribution in [2.45, 2.75) is 52.4 Å². The van der Waals surface area contributed by atoms with Gasteiger partial charge in [-0.25, -0.2) is 0 Å². The molecule has 4 rings (SSSR count). The van der Waals surface area contributed by atoms with Crippen molar-refractivity contribution in [1.82, 2.24) is 14.8 Å². The smallest absolute Gasteiger partial charge is 0.254 e. The van der Waals surface area contributed by atoms with E-state index in [1.807, 2.05) is 4.90 Å². The van der Waals surface area contributed by atoms with Crippen LogP contribution in [-0.4, -0.2) is 60.0 Å². The third kappa shape index (κ3) is 6.29. The number of likely N-dealkylation sites (tertiary alicyclic amines) is 1. The fourth-order valence-corrected chi connectivity index (χ4v) is 5.61. The van der Waals surface area contributed by atoms with Crippen LogP contribution in [0.5, 0.6) is 5.75 Å². The molecule has 2 aromatic rings. The Labute approximate surface area is 203 Å². The number of rotatable bonds is 3. The molecular formula is C28H39N3O3. The minimum Gasteiger partial charge on any atom is -0.492 e. The number of pyridine rings is 1. The summed E-state index contributed by atoms with van der Waals surface area (Å²) >= 11 is 0. The molecule has 184 valence electrons. The van der Waals surface area contributed by atoms with Gasteiger partial charge in [-0.3, -0.25) is 14.5 Å². The molecule has 1 N–H and O–H groups in total. The van der Waals surface area contributed by atoms with Gasteiger partial charge < -0.3 is 14.6 Å². The van der Waals surface area contributed by atoms with Crippen molar-refractivity contribution in [2.75, 3.05) is 39.3 Å². The van der Waals surface area contributed by atoms with E-state index < -0.39 is 0 Å². The summed E-state index contributed by atoms with van der Waals surface area (Å²) < 4.78 is 6.23. The molecule has 6 heteroatoms. The second-order valence-corrected chi connectivity index (χ2v) is 10.5. The van der Waals surface area contributed by atoms with Crippen molar-refractivity contribution in [1.29, 1.82) is 0 Å². The van der Waals surface area contributed by atoms with Crippen LogP contribution < -0.4 is 10.3 Å². The number of fused-ring (bicyclic) bond motifs is 1. The van der Waals surface area contributed by atoms with Crippen LogP contribution in [-0.2, 0) is 6.42 Å². The van der Waals surface area contributed by atoms with E-state index in [0.29, 0.717) is 18.1 Å². The molecule has 1 fully saturated rings. The van der Waals surface area contributed by atoms with E-state index >= 15 is 0 Å². The number of piperidine rings is 1. The number of benzene rings is 1. The van der Waals surface area contributed by atoms with Gasteiger partial charge in [-0.2, -0.15) is 0 Å². The molecule has 1 saturated heterocycles. The molecule has 6 nitrogen and oxygen atoms in total. The number of aromatic nitrogens is 1. The Kier molecular flexibility index (Phi) is 8.09. The van der Waals surface area contributed by atoms with Crippen molar-refractivity contribution in [3.05, 3.63) is 64.1 Å². The third-order valence-corrected chi connectivity index (χ3v) is 7.36. The molecule has 1 aromatic carbocycles. The molecule has 0 unspecified atom stereocenters. The number of ether oxygens (including phenoxy) is 1. The molecule has 0 saturated carbocycles. The molecule has 1 amide bonds. The summed E-state index contributed by atoms with van der Waals surface area (Å²) in [5.41, 5.74) is 1.78. The van der Waals surface area contributed by atoms with E-state index in [9.17, 15) is 9.59 Å². The first-order chi connectivity index (χ1) is 16.4. The van der Waals surface area contributed by atoms with Crippen LogP contribution in [0.2, 0.25) is 0 Å². The van der Waals surface area contributed by atoms with Crippen LogP contribution in [0, 0.1) is 11.3 Å². The zero-order valence-corrected chi connectivity index (χ0v) is 20.7. The number of carbonyl (C=O) groups is 1. The average molecular weight is 466 g/mol. The van der Waals surface area contributed by atoms with Crippen LogP contribution in [0.3, 0.4) is 0 Å². The predicted octanol–water partition coefficient (Wildman–Crippen LogP) is 4.36. The fraction of sp³-hybridized carbons (Fsp3) is 0.571. The zero-order chi connectivity index (χ0) is 24.0. The standard InChI is InChI=1S/C28H39N3O3/c1-22(2)20-30-17-18-34-25-9-4-3-7-23(25)8-5-6-11-28(21-30)12-15-31(16-13-28)27(33)24-10-14-29-26(32)19-24/h3-4,7,9-10,14,19,22H,5-6,8,11-13,15-18,20-21H2,1-2H3,(H,29,32). The molecule has 0 atom stereocenters. The summed E-state index contributed by atoms with van der Waals surface area (Å²) in [6, 6.07) is 11.6. The first-order valence-corrected chi connectivity index (χ1v) is 12.9. The lowest BCUT2D eigenvalue weighted by atomic mass is 9.73. The van der Waals surface area contributed by atoms with Crippen LogP contribution in [0.4, 0.5) is 0 Å². The Bertz CT molecular complexity index is 1010.